The summed E-state index contributed by atoms with van der Waals surface area (Å²) in [5.74, 6) is -0.445. The number of rotatable bonds is 6. The van der Waals surface area contributed by atoms with E-state index in [1.54, 1.807) is 0 Å². The lowest BCUT2D eigenvalue weighted by Crippen LogP contribution is -2.40. The highest BCUT2D eigenvalue weighted by molar-refractivity contribution is 5.94. The highest BCUT2D eigenvalue weighted by atomic mass is 19.3. The molecule has 8 heteroatoms. The summed E-state index contributed by atoms with van der Waals surface area (Å²) in [5, 5.41) is 5.42. The van der Waals surface area contributed by atoms with Crippen molar-refractivity contribution in [1.29, 1.82) is 0 Å². The Morgan fingerprint density at radius 3 is 2.62 bits per heavy atom. The van der Waals surface area contributed by atoms with Crippen LogP contribution in [0, 0.1) is 5.92 Å². The van der Waals surface area contributed by atoms with Crippen LogP contribution in [0.25, 0.3) is 0 Å². The maximum absolute atomic E-state index is 12.6. The van der Waals surface area contributed by atoms with Crippen LogP contribution in [0.5, 0.6) is 11.5 Å². The van der Waals surface area contributed by atoms with Gasteiger partial charge >= 0.3 is 6.61 Å². The number of carbonyl (C=O) groups excluding carboxylic acids is 2. The van der Waals surface area contributed by atoms with Crippen LogP contribution in [0.15, 0.2) is 18.2 Å². The Kier molecular flexibility index (Phi) is 5.90. The minimum absolute atomic E-state index is 0.0328. The first-order valence-corrected chi connectivity index (χ1v) is 8.84. The fourth-order valence-electron chi connectivity index (χ4n) is 3.26. The minimum Gasteiger partial charge on any atom is -0.486 e. The van der Waals surface area contributed by atoms with Gasteiger partial charge in [0.2, 0.25) is 11.8 Å². The molecule has 1 aromatic carbocycles. The molecule has 2 amide bonds. The van der Waals surface area contributed by atoms with Crippen molar-refractivity contribution in [2.24, 2.45) is 5.92 Å². The monoisotopic (exact) mass is 368 g/mol. The summed E-state index contributed by atoms with van der Waals surface area (Å²) in [4.78, 5) is 23.5. The number of anilines is 1. The summed E-state index contributed by atoms with van der Waals surface area (Å²) in [6.45, 7) is -2.66. The van der Waals surface area contributed by atoms with E-state index in [9.17, 15) is 18.4 Å². The quantitative estimate of drug-likeness (QED) is 0.809. The molecule has 1 aliphatic heterocycles. The molecule has 6 nitrogen and oxygen atoms in total. The third-order valence-corrected chi connectivity index (χ3v) is 4.66. The maximum atomic E-state index is 12.6. The SMILES string of the molecule is O=C1CC[C@H](C(=O)Nc2ccc(OC(F)F)c(OC3CCCC3)c2)CN1. The van der Waals surface area contributed by atoms with Crippen LogP contribution in [-0.4, -0.2) is 31.1 Å². The van der Waals surface area contributed by atoms with Crippen molar-refractivity contribution in [3.05, 3.63) is 18.2 Å². The molecule has 26 heavy (non-hydrogen) atoms. The Morgan fingerprint density at radius 2 is 1.96 bits per heavy atom. The number of halogens is 2. The first-order valence-electron chi connectivity index (χ1n) is 8.84. The topological polar surface area (TPSA) is 76.7 Å². The highest BCUT2D eigenvalue weighted by Gasteiger charge is 2.25. The molecule has 0 radical (unpaired) electrons. The Hall–Kier alpha value is -2.38. The van der Waals surface area contributed by atoms with Crippen LogP contribution in [0.4, 0.5) is 14.5 Å². The Bertz CT molecular complexity index is 653. The zero-order valence-corrected chi connectivity index (χ0v) is 14.3. The average Bonchev–Trinajstić information content (AvgIpc) is 3.10. The van der Waals surface area contributed by atoms with E-state index in [0.29, 0.717) is 25.1 Å². The van der Waals surface area contributed by atoms with Crippen molar-refractivity contribution in [3.8, 4) is 11.5 Å². The van der Waals surface area contributed by atoms with Gasteiger partial charge in [-0.1, -0.05) is 0 Å². The molecule has 1 atom stereocenters. The molecule has 2 aliphatic rings. The summed E-state index contributed by atoms with van der Waals surface area (Å²) in [6.07, 6.45) is 4.58. The van der Waals surface area contributed by atoms with Gasteiger partial charge in [0.05, 0.1) is 12.0 Å². The van der Waals surface area contributed by atoms with Crippen molar-refractivity contribution < 1.29 is 27.8 Å². The van der Waals surface area contributed by atoms with Crippen molar-refractivity contribution in [2.75, 3.05) is 11.9 Å². The number of alkyl halides is 2. The van der Waals surface area contributed by atoms with Crippen LogP contribution < -0.4 is 20.1 Å². The van der Waals surface area contributed by atoms with Crippen molar-refractivity contribution in [2.45, 2.75) is 51.2 Å². The van der Waals surface area contributed by atoms with E-state index in [0.717, 1.165) is 25.7 Å². The molecule has 3 rings (SSSR count). The summed E-state index contributed by atoms with van der Waals surface area (Å²) in [7, 11) is 0. The van der Waals surface area contributed by atoms with Gasteiger partial charge in [-0.2, -0.15) is 8.78 Å². The highest BCUT2D eigenvalue weighted by Crippen LogP contribution is 2.35. The second-order valence-electron chi connectivity index (χ2n) is 6.59. The van der Waals surface area contributed by atoms with E-state index >= 15 is 0 Å². The fourth-order valence-corrected chi connectivity index (χ4v) is 3.26. The normalized spacial score (nSPS) is 20.7. The van der Waals surface area contributed by atoms with Gasteiger partial charge < -0.3 is 20.1 Å². The second-order valence-corrected chi connectivity index (χ2v) is 6.59. The second kappa shape index (κ2) is 8.33. The van der Waals surface area contributed by atoms with Crippen molar-refractivity contribution >= 4 is 17.5 Å². The summed E-state index contributed by atoms with van der Waals surface area (Å²) >= 11 is 0. The molecule has 0 aromatic heterocycles. The van der Waals surface area contributed by atoms with E-state index in [2.05, 4.69) is 15.4 Å². The number of nitrogens with one attached hydrogen (secondary N) is 2. The molecule has 1 saturated carbocycles. The lowest BCUT2D eigenvalue weighted by molar-refractivity contribution is -0.126. The lowest BCUT2D eigenvalue weighted by Gasteiger charge is -2.22. The first kappa shape index (κ1) is 18.4. The van der Waals surface area contributed by atoms with Gasteiger partial charge in [-0.3, -0.25) is 9.59 Å². The van der Waals surface area contributed by atoms with E-state index in [-0.39, 0.29) is 35.3 Å². The standard InChI is InChI=1S/C18H22F2N2O4/c19-18(20)26-14-7-6-12(9-15(14)25-13-3-1-2-4-13)22-17(24)11-5-8-16(23)21-10-11/h6-7,9,11,13,18H,1-5,8,10H2,(H,21,23)(H,22,24)/t11-/m0/s1. The van der Waals surface area contributed by atoms with E-state index < -0.39 is 6.61 Å². The molecule has 0 unspecified atom stereocenters. The van der Waals surface area contributed by atoms with Gasteiger partial charge in [0.25, 0.3) is 0 Å². The molecular formula is C18H22F2N2O4. The zero-order valence-electron chi connectivity index (χ0n) is 14.3. The molecular weight excluding hydrogens is 346 g/mol. The number of benzene rings is 1. The third-order valence-electron chi connectivity index (χ3n) is 4.66. The number of piperidine rings is 1. The minimum atomic E-state index is -2.95. The Morgan fingerprint density at radius 1 is 1.19 bits per heavy atom. The van der Waals surface area contributed by atoms with E-state index in [4.69, 9.17) is 4.74 Å². The third kappa shape index (κ3) is 4.83. The van der Waals surface area contributed by atoms with Gasteiger partial charge in [-0.05, 0) is 44.2 Å². The molecule has 2 fully saturated rings. The summed E-state index contributed by atoms with van der Waals surface area (Å²) in [6, 6.07) is 4.38. The average molecular weight is 368 g/mol. The number of hydrogen-bond acceptors (Lipinski definition) is 4. The van der Waals surface area contributed by atoms with Gasteiger partial charge in [-0.15, -0.1) is 0 Å². The van der Waals surface area contributed by atoms with Crippen LogP contribution in [0.3, 0.4) is 0 Å². The van der Waals surface area contributed by atoms with Crippen LogP contribution in [0.2, 0.25) is 0 Å². The predicted octanol–water partition coefficient (Wildman–Crippen LogP) is 3.07. The largest absolute Gasteiger partial charge is 0.486 e. The summed E-state index contributed by atoms with van der Waals surface area (Å²) < 4.78 is 35.6. The molecule has 1 heterocycles. The fraction of sp³-hybridized carbons (Fsp3) is 0.556. The first-order chi connectivity index (χ1) is 12.5. The summed E-state index contributed by atoms with van der Waals surface area (Å²) in [5.41, 5.74) is 0.446. The Balaban J connectivity index is 1.70. The van der Waals surface area contributed by atoms with E-state index in [1.165, 1.54) is 18.2 Å². The number of amides is 2. The maximum Gasteiger partial charge on any atom is 0.387 e. The zero-order chi connectivity index (χ0) is 18.5. The van der Waals surface area contributed by atoms with Crippen molar-refractivity contribution in [1.82, 2.24) is 5.32 Å². The van der Waals surface area contributed by atoms with Crippen LogP contribution in [0.1, 0.15) is 38.5 Å². The predicted molar refractivity (Wildman–Crippen MR) is 90.3 cm³/mol. The number of hydrogen-bond donors (Lipinski definition) is 2. The lowest BCUT2D eigenvalue weighted by atomic mass is 9.98. The molecule has 1 aromatic rings. The Labute approximate surface area is 150 Å². The van der Waals surface area contributed by atoms with Gasteiger partial charge in [0, 0.05) is 24.7 Å². The molecule has 1 saturated heterocycles. The molecule has 1 aliphatic carbocycles. The smallest absolute Gasteiger partial charge is 0.387 e. The molecule has 0 spiro atoms. The van der Waals surface area contributed by atoms with Crippen LogP contribution in [-0.2, 0) is 9.59 Å². The molecule has 2 N–H and O–H groups in total. The van der Waals surface area contributed by atoms with Crippen LogP contribution >= 0.6 is 0 Å². The van der Waals surface area contributed by atoms with Gasteiger partial charge in [0.15, 0.2) is 11.5 Å². The number of carbonyl (C=O) groups is 2. The molecule has 0 bridgehead atoms. The van der Waals surface area contributed by atoms with E-state index in [1.807, 2.05) is 0 Å². The van der Waals surface area contributed by atoms with Crippen molar-refractivity contribution in [3.63, 3.8) is 0 Å². The van der Waals surface area contributed by atoms with Gasteiger partial charge in [-0.25, -0.2) is 0 Å². The molecule has 142 valence electrons. The number of ether oxygens (including phenoxy) is 2. The van der Waals surface area contributed by atoms with Gasteiger partial charge in [0.1, 0.15) is 0 Å².